The van der Waals surface area contributed by atoms with Crippen molar-refractivity contribution in [3.63, 3.8) is 0 Å². The van der Waals surface area contributed by atoms with Crippen LogP contribution in [0.4, 0.5) is 0 Å². The third-order valence-electron chi connectivity index (χ3n) is 1.83. The van der Waals surface area contributed by atoms with Crippen LogP contribution in [-0.4, -0.2) is 6.29 Å². The first-order valence-corrected chi connectivity index (χ1v) is 4.46. The molecule has 1 aliphatic rings. The Morgan fingerprint density at radius 3 is 3.18 bits per heavy atom. The van der Waals surface area contributed by atoms with Gasteiger partial charge in [-0.05, 0) is 30.5 Å². The number of aryl methyl sites for hydroxylation is 1. The van der Waals surface area contributed by atoms with E-state index in [1.807, 2.05) is 6.07 Å². The normalized spacial score (nSPS) is 14.5. The number of aldehydes is 1. The van der Waals surface area contributed by atoms with Crippen molar-refractivity contribution in [1.29, 1.82) is 0 Å². The van der Waals surface area contributed by atoms with Crippen molar-refractivity contribution in [3.8, 4) is 0 Å². The Labute approximate surface area is 69.4 Å². The van der Waals surface area contributed by atoms with Crippen molar-refractivity contribution in [1.82, 2.24) is 0 Å². The molecule has 1 aromatic heterocycles. The summed E-state index contributed by atoms with van der Waals surface area (Å²) in [4.78, 5) is 12.5. The van der Waals surface area contributed by atoms with Crippen LogP contribution in [0, 0.1) is 0 Å². The standard InChI is InChI=1S/C9H8OS/c10-6-8-5-7-3-1-2-4-9(7)11-8/h2,4-6H,1,3H2. The minimum atomic E-state index is 0.849. The maximum Gasteiger partial charge on any atom is 0.160 e. The van der Waals surface area contributed by atoms with Crippen LogP contribution in [0.15, 0.2) is 12.1 Å². The van der Waals surface area contributed by atoms with Gasteiger partial charge in [0, 0.05) is 4.88 Å². The number of allylic oxidation sites excluding steroid dienone is 1. The average molecular weight is 164 g/mol. The maximum absolute atomic E-state index is 10.4. The van der Waals surface area contributed by atoms with E-state index in [1.165, 1.54) is 10.4 Å². The number of hydrogen-bond donors (Lipinski definition) is 0. The summed E-state index contributed by atoms with van der Waals surface area (Å²) >= 11 is 1.58. The van der Waals surface area contributed by atoms with E-state index in [1.54, 1.807) is 11.3 Å². The number of thiophene rings is 1. The predicted octanol–water partition coefficient (Wildman–Crippen LogP) is 2.52. The van der Waals surface area contributed by atoms with Crippen molar-refractivity contribution in [3.05, 3.63) is 27.5 Å². The number of rotatable bonds is 1. The largest absolute Gasteiger partial charge is 0.297 e. The number of hydrogen-bond acceptors (Lipinski definition) is 2. The van der Waals surface area contributed by atoms with E-state index in [0.29, 0.717) is 0 Å². The van der Waals surface area contributed by atoms with Crippen LogP contribution in [0.3, 0.4) is 0 Å². The molecule has 1 nitrogen and oxygen atoms in total. The summed E-state index contributed by atoms with van der Waals surface area (Å²) in [5.74, 6) is 0. The molecule has 0 unspecified atom stereocenters. The minimum Gasteiger partial charge on any atom is -0.297 e. The quantitative estimate of drug-likeness (QED) is 0.583. The van der Waals surface area contributed by atoms with E-state index in [4.69, 9.17) is 0 Å². The maximum atomic E-state index is 10.4. The molecule has 2 heteroatoms. The Bertz CT molecular complexity index is 309. The molecule has 0 atom stereocenters. The Morgan fingerprint density at radius 1 is 1.55 bits per heavy atom. The van der Waals surface area contributed by atoms with E-state index in [0.717, 1.165) is 24.0 Å². The van der Waals surface area contributed by atoms with Gasteiger partial charge in [-0.2, -0.15) is 0 Å². The van der Waals surface area contributed by atoms with Gasteiger partial charge in [0.2, 0.25) is 0 Å². The summed E-state index contributed by atoms with van der Waals surface area (Å²) in [5.41, 5.74) is 1.33. The molecular weight excluding hydrogens is 156 g/mol. The fourth-order valence-corrected chi connectivity index (χ4v) is 2.25. The summed E-state index contributed by atoms with van der Waals surface area (Å²) in [5, 5.41) is 0. The van der Waals surface area contributed by atoms with Crippen LogP contribution >= 0.6 is 11.3 Å². The van der Waals surface area contributed by atoms with Crippen molar-refractivity contribution in [2.75, 3.05) is 0 Å². The van der Waals surface area contributed by atoms with E-state index in [-0.39, 0.29) is 0 Å². The molecule has 0 spiro atoms. The molecule has 2 rings (SSSR count). The lowest BCUT2D eigenvalue weighted by Crippen LogP contribution is -1.86. The highest BCUT2D eigenvalue weighted by molar-refractivity contribution is 7.14. The second-order valence-corrected chi connectivity index (χ2v) is 3.71. The van der Waals surface area contributed by atoms with E-state index in [2.05, 4.69) is 12.2 Å². The van der Waals surface area contributed by atoms with Crippen LogP contribution in [0.2, 0.25) is 0 Å². The molecule has 11 heavy (non-hydrogen) atoms. The molecular formula is C9H8OS. The Balaban J connectivity index is 2.49. The van der Waals surface area contributed by atoms with Crippen LogP contribution in [0.1, 0.15) is 26.5 Å². The summed E-state index contributed by atoms with van der Waals surface area (Å²) in [6.45, 7) is 0. The summed E-state index contributed by atoms with van der Waals surface area (Å²) in [6, 6.07) is 2.00. The topological polar surface area (TPSA) is 17.1 Å². The van der Waals surface area contributed by atoms with E-state index >= 15 is 0 Å². The third-order valence-corrected chi connectivity index (χ3v) is 2.89. The van der Waals surface area contributed by atoms with Gasteiger partial charge in [0.25, 0.3) is 0 Å². The van der Waals surface area contributed by atoms with Crippen LogP contribution in [-0.2, 0) is 6.42 Å². The molecule has 0 amide bonds. The molecule has 0 aromatic carbocycles. The van der Waals surface area contributed by atoms with Crippen molar-refractivity contribution in [2.45, 2.75) is 12.8 Å². The molecule has 0 aliphatic heterocycles. The Kier molecular flexibility index (Phi) is 1.62. The van der Waals surface area contributed by atoms with Gasteiger partial charge in [0.05, 0.1) is 4.88 Å². The van der Waals surface area contributed by atoms with Crippen LogP contribution < -0.4 is 0 Å². The van der Waals surface area contributed by atoms with Gasteiger partial charge in [-0.15, -0.1) is 11.3 Å². The first-order valence-electron chi connectivity index (χ1n) is 3.64. The first kappa shape index (κ1) is 6.80. The highest BCUT2D eigenvalue weighted by Gasteiger charge is 2.07. The van der Waals surface area contributed by atoms with Gasteiger partial charge in [0.1, 0.15) is 0 Å². The monoisotopic (exact) mass is 164 g/mol. The van der Waals surface area contributed by atoms with Gasteiger partial charge in [-0.1, -0.05) is 6.08 Å². The molecule has 0 radical (unpaired) electrons. The Hall–Kier alpha value is -0.890. The first-order chi connectivity index (χ1) is 5.40. The SMILES string of the molecule is O=Cc1cc2c(s1)C=CCC2. The summed E-state index contributed by atoms with van der Waals surface area (Å²) in [6.07, 6.45) is 7.40. The third kappa shape index (κ3) is 1.14. The molecule has 0 bridgehead atoms. The molecule has 1 heterocycles. The van der Waals surface area contributed by atoms with Gasteiger partial charge in [-0.25, -0.2) is 0 Å². The fourth-order valence-electron chi connectivity index (χ4n) is 1.29. The van der Waals surface area contributed by atoms with Gasteiger partial charge in [-0.3, -0.25) is 4.79 Å². The second kappa shape index (κ2) is 2.62. The lowest BCUT2D eigenvalue weighted by molar-refractivity contribution is 0.112. The molecule has 1 aliphatic carbocycles. The smallest absolute Gasteiger partial charge is 0.160 e. The molecule has 0 saturated carbocycles. The summed E-state index contributed by atoms with van der Waals surface area (Å²) in [7, 11) is 0. The lowest BCUT2D eigenvalue weighted by atomic mass is 10.1. The van der Waals surface area contributed by atoms with E-state index in [9.17, 15) is 4.79 Å². The number of carbonyl (C=O) groups excluding carboxylic acids is 1. The van der Waals surface area contributed by atoms with Crippen molar-refractivity contribution in [2.24, 2.45) is 0 Å². The zero-order valence-corrected chi connectivity index (χ0v) is 6.86. The van der Waals surface area contributed by atoms with Gasteiger partial charge < -0.3 is 0 Å². The zero-order chi connectivity index (χ0) is 7.68. The Morgan fingerprint density at radius 2 is 2.45 bits per heavy atom. The number of carbonyl (C=O) groups is 1. The zero-order valence-electron chi connectivity index (χ0n) is 6.04. The molecule has 0 saturated heterocycles. The second-order valence-electron chi connectivity index (χ2n) is 2.60. The number of fused-ring (bicyclic) bond motifs is 1. The molecule has 56 valence electrons. The van der Waals surface area contributed by atoms with Crippen LogP contribution in [0.25, 0.3) is 6.08 Å². The minimum absolute atomic E-state index is 0.849. The average Bonchev–Trinajstić information content (AvgIpc) is 2.46. The molecule has 0 N–H and O–H groups in total. The molecule has 0 fully saturated rings. The van der Waals surface area contributed by atoms with Crippen LogP contribution in [0.5, 0.6) is 0 Å². The van der Waals surface area contributed by atoms with Crippen molar-refractivity contribution < 1.29 is 4.79 Å². The highest BCUT2D eigenvalue weighted by Crippen LogP contribution is 2.27. The van der Waals surface area contributed by atoms with Gasteiger partial charge >= 0.3 is 0 Å². The van der Waals surface area contributed by atoms with Gasteiger partial charge in [0.15, 0.2) is 6.29 Å². The predicted molar refractivity (Wildman–Crippen MR) is 47.1 cm³/mol. The lowest BCUT2D eigenvalue weighted by Gasteiger charge is -2.01. The summed E-state index contributed by atoms with van der Waals surface area (Å²) < 4.78 is 0. The fraction of sp³-hybridized carbons (Fsp3) is 0.222. The highest BCUT2D eigenvalue weighted by atomic mass is 32.1. The van der Waals surface area contributed by atoms with E-state index < -0.39 is 0 Å². The molecule has 1 aromatic rings. The van der Waals surface area contributed by atoms with Crippen molar-refractivity contribution >= 4 is 23.7 Å².